The molecule has 0 aliphatic heterocycles. The Morgan fingerprint density at radius 3 is 2.23 bits per heavy atom. The van der Waals surface area contributed by atoms with Gasteiger partial charge in [-0.25, -0.2) is 0 Å². The third-order valence-electron chi connectivity index (χ3n) is 2.29. The van der Waals surface area contributed by atoms with Crippen molar-refractivity contribution in [2.75, 3.05) is 5.73 Å². The lowest BCUT2D eigenvalue weighted by Crippen LogP contribution is -2.07. The number of hydrogen-bond acceptors (Lipinski definition) is 2. The number of aromatic nitrogens is 2. The van der Waals surface area contributed by atoms with Gasteiger partial charge in [-0.1, -0.05) is 13.8 Å². The molecule has 0 amide bonds. The van der Waals surface area contributed by atoms with Gasteiger partial charge in [-0.05, 0) is 26.7 Å². The lowest BCUT2D eigenvalue weighted by atomic mass is 10.2. The Bertz CT molecular complexity index is 287. The van der Waals surface area contributed by atoms with E-state index < -0.39 is 0 Å². The van der Waals surface area contributed by atoms with Crippen molar-refractivity contribution in [2.45, 2.75) is 46.6 Å². The zero-order valence-corrected chi connectivity index (χ0v) is 8.96. The molecule has 0 aromatic carbocycles. The first-order chi connectivity index (χ1) is 6.11. The molecule has 0 saturated heterocycles. The quantitative estimate of drug-likeness (QED) is 0.776. The number of nitrogens with zero attached hydrogens (tertiary/aromatic N) is 2. The van der Waals surface area contributed by atoms with Crippen molar-refractivity contribution in [1.29, 1.82) is 0 Å². The van der Waals surface area contributed by atoms with Gasteiger partial charge in [0.15, 0.2) is 0 Å². The summed E-state index contributed by atoms with van der Waals surface area (Å²) in [5, 5.41) is 4.49. The fraction of sp³-hybridized carbons (Fsp3) is 0.700. The molecular formula is C10H19N3. The van der Waals surface area contributed by atoms with Crippen molar-refractivity contribution in [2.24, 2.45) is 0 Å². The second-order valence-electron chi connectivity index (χ2n) is 3.55. The molecule has 13 heavy (non-hydrogen) atoms. The summed E-state index contributed by atoms with van der Waals surface area (Å²) >= 11 is 0. The van der Waals surface area contributed by atoms with Gasteiger partial charge in [-0.15, -0.1) is 0 Å². The van der Waals surface area contributed by atoms with Gasteiger partial charge in [0.2, 0.25) is 0 Å². The van der Waals surface area contributed by atoms with E-state index in [2.05, 4.69) is 32.8 Å². The van der Waals surface area contributed by atoms with Gasteiger partial charge < -0.3 is 5.73 Å². The average molecular weight is 181 g/mol. The van der Waals surface area contributed by atoms with E-state index in [4.69, 9.17) is 5.73 Å². The summed E-state index contributed by atoms with van der Waals surface area (Å²) < 4.78 is 2.04. The number of aryl methyl sites for hydroxylation is 1. The largest absolute Gasteiger partial charge is 0.396 e. The molecule has 0 radical (unpaired) electrons. The van der Waals surface area contributed by atoms with E-state index in [1.54, 1.807) is 0 Å². The first-order valence-corrected chi connectivity index (χ1v) is 4.97. The van der Waals surface area contributed by atoms with E-state index in [-0.39, 0.29) is 0 Å². The Hall–Kier alpha value is -0.990. The van der Waals surface area contributed by atoms with Crippen LogP contribution in [0, 0.1) is 0 Å². The summed E-state index contributed by atoms with van der Waals surface area (Å²) in [7, 11) is 0. The highest BCUT2D eigenvalue weighted by molar-refractivity contribution is 5.48. The van der Waals surface area contributed by atoms with Crippen molar-refractivity contribution < 1.29 is 0 Å². The lowest BCUT2D eigenvalue weighted by molar-refractivity contribution is 0.507. The molecule has 0 bridgehead atoms. The van der Waals surface area contributed by atoms with Gasteiger partial charge in [0, 0.05) is 6.04 Å². The van der Waals surface area contributed by atoms with Crippen LogP contribution in [0.5, 0.6) is 0 Å². The van der Waals surface area contributed by atoms with Crippen LogP contribution in [0.15, 0.2) is 0 Å². The number of nitrogens with two attached hydrogens (primary N) is 1. The van der Waals surface area contributed by atoms with Crippen LogP contribution in [-0.4, -0.2) is 9.78 Å². The molecule has 2 N–H and O–H groups in total. The Morgan fingerprint density at radius 1 is 1.31 bits per heavy atom. The van der Waals surface area contributed by atoms with E-state index in [0.29, 0.717) is 6.04 Å². The van der Waals surface area contributed by atoms with E-state index in [1.165, 1.54) is 5.69 Å². The molecule has 1 aromatic rings. The van der Waals surface area contributed by atoms with E-state index in [0.717, 1.165) is 24.2 Å². The van der Waals surface area contributed by atoms with Gasteiger partial charge in [0.1, 0.15) is 0 Å². The molecule has 0 aliphatic carbocycles. The summed E-state index contributed by atoms with van der Waals surface area (Å²) in [6.45, 7) is 8.46. The molecule has 1 heterocycles. The van der Waals surface area contributed by atoms with Crippen molar-refractivity contribution in [3.8, 4) is 0 Å². The molecule has 0 unspecified atom stereocenters. The van der Waals surface area contributed by atoms with Gasteiger partial charge in [-0.3, -0.25) is 4.68 Å². The van der Waals surface area contributed by atoms with Crippen molar-refractivity contribution in [3.05, 3.63) is 11.4 Å². The predicted molar refractivity (Wildman–Crippen MR) is 55.8 cm³/mol. The van der Waals surface area contributed by atoms with E-state index >= 15 is 0 Å². The van der Waals surface area contributed by atoms with Crippen LogP contribution < -0.4 is 5.73 Å². The molecule has 0 fully saturated rings. The van der Waals surface area contributed by atoms with Crippen molar-refractivity contribution >= 4 is 5.69 Å². The van der Waals surface area contributed by atoms with Crippen LogP contribution in [0.4, 0.5) is 5.69 Å². The van der Waals surface area contributed by atoms with E-state index in [1.807, 2.05) is 4.68 Å². The summed E-state index contributed by atoms with van der Waals surface area (Å²) in [6.07, 6.45) is 1.87. The minimum atomic E-state index is 0.401. The standard InChI is InChI=1S/C10H19N3/c1-5-8-10(11)9(6-2)13(12-8)7(3)4/h7H,5-6,11H2,1-4H3. The maximum absolute atomic E-state index is 5.98. The second-order valence-corrected chi connectivity index (χ2v) is 3.55. The average Bonchev–Trinajstić information content (AvgIpc) is 2.42. The molecule has 0 spiro atoms. The maximum atomic E-state index is 5.98. The SMILES string of the molecule is CCc1nn(C(C)C)c(CC)c1N. The zero-order chi connectivity index (χ0) is 10.0. The van der Waals surface area contributed by atoms with Crippen molar-refractivity contribution in [3.63, 3.8) is 0 Å². The molecular weight excluding hydrogens is 162 g/mol. The highest BCUT2D eigenvalue weighted by Gasteiger charge is 2.13. The highest BCUT2D eigenvalue weighted by Crippen LogP contribution is 2.21. The van der Waals surface area contributed by atoms with Crippen LogP contribution in [0.3, 0.4) is 0 Å². The number of hydrogen-bond donors (Lipinski definition) is 1. The number of anilines is 1. The predicted octanol–water partition coefficient (Wildman–Crippen LogP) is 2.17. The van der Waals surface area contributed by atoms with Crippen LogP contribution in [0.1, 0.15) is 45.1 Å². The summed E-state index contributed by atoms with van der Waals surface area (Å²) in [5.41, 5.74) is 9.07. The van der Waals surface area contributed by atoms with Crippen LogP contribution in [0.25, 0.3) is 0 Å². The summed E-state index contributed by atoms with van der Waals surface area (Å²) in [6, 6.07) is 0.401. The maximum Gasteiger partial charge on any atom is 0.0854 e. The van der Waals surface area contributed by atoms with Crippen LogP contribution in [0.2, 0.25) is 0 Å². The molecule has 1 aromatic heterocycles. The van der Waals surface area contributed by atoms with Gasteiger partial charge in [-0.2, -0.15) is 5.10 Å². The monoisotopic (exact) mass is 181 g/mol. The topological polar surface area (TPSA) is 43.8 Å². The van der Waals surface area contributed by atoms with Crippen LogP contribution >= 0.6 is 0 Å². The molecule has 0 aliphatic rings. The number of nitrogen functional groups attached to an aromatic ring is 1. The Balaban J connectivity index is 3.19. The zero-order valence-electron chi connectivity index (χ0n) is 8.96. The molecule has 3 heteroatoms. The van der Waals surface area contributed by atoms with Crippen molar-refractivity contribution in [1.82, 2.24) is 9.78 Å². The summed E-state index contributed by atoms with van der Waals surface area (Å²) in [5.74, 6) is 0. The fourth-order valence-electron chi connectivity index (χ4n) is 1.57. The normalized spacial score (nSPS) is 11.2. The summed E-state index contributed by atoms with van der Waals surface area (Å²) in [4.78, 5) is 0. The Kier molecular flexibility index (Phi) is 2.96. The minimum absolute atomic E-state index is 0.401. The van der Waals surface area contributed by atoms with Gasteiger partial charge in [0.05, 0.1) is 17.1 Å². The first kappa shape index (κ1) is 10.1. The third kappa shape index (κ3) is 1.69. The first-order valence-electron chi connectivity index (χ1n) is 4.97. The lowest BCUT2D eigenvalue weighted by Gasteiger charge is -2.09. The van der Waals surface area contributed by atoms with E-state index in [9.17, 15) is 0 Å². The molecule has 0 saturated carbocycles. The Labute approximate surface area is 79.9 Å². The number of rotatable bonds is 3. The Morgan fingerprint density at radius 2 is 1.92 bits per heavy atom. The molecule has 3 nitrogen and oxygen atoms in total. The fourth-order valence-corrected chi connectivity index (χ4v) is 1.57. The third-order valence-corrected chi connectivity index (χ3v) is 2.29. The second kappa shape index (κ2) is 3.81. The smallest absolute Gasteiger partial charge is 0.0854 e. The minimum Gasteiger partial charge on any atom is -0.396 e. The highest BCUT2D eigenvalue weighted by atomic mass is 15.3. The van der Waals surface area contributed by atoms with Gasteiger partial charge >= 0.3 is 0 Å². The van der Waals surface area contributed by atoms with Gasteiger partial charge in [0.25, 0.3) is 0 Å². The van der Waals surface area contributed by atoms with Crippen LogP contribution in [-0.2, 0) is 12.8 Å². The molecule has 1 rings (SSSR count). The molecule has 0 atom stereocenters. The molecule has 74 valence electrons.